The van der Waals surface area contributed by atoms with Crippen LogP contribution in [0.3, 0.4) is 0 Å². The molecule has 21 heavy (non-hydrogen) atoms. The molecule has 1 atom stereocenters. The molecule has 2 aromatic carbocycles. The Morgan fingerprint density at radius 2 is 2.10 bits per heavy atom. The van der Waals surface area contributed by atoms with E-state index in [4.69, 9.17) is 16.0 Å². The molecule has 0 aliphatic rings. The first-order valence-electron chi connectivity index (χ1n) is 6.33. The van der Waals surface area contributed by atoms with Crippen molar-refractivity contribution in [2.24, 2.45) is 0 Å². The van der Waals surface area contributed by atoms with Crippen LogP contribution < -0.4 is 5.32 Å². The number of oxazole rings is 1. The summed E-state index contributed by atoms with van der Waals surface area (Å²) >= 11 is 6.11. The van der Waals surface area contributed by atoms with Gasteiger partial charge in [0, 0.05) is 33.5 Å². The molecule has 0 radical (unpaired) electrons. The minimum absolute atomic E-state index is 0.419. The number of para-hydroxylation sites is 2. The number of aromatic nitrogens is 1. The van der Waals surface area contributed by atoms with Crippen LogP contribution in [0.15, 0.2) is 46.9 Å². The fourth-order valence-electron chi connectivity index (χ4n) is 2.03. The molecule has 1 heterocycles. The molecule has 0 saturated carbocycles. The number of anilines is 2. The lowest BCUT2D eigenvalue weighted by Crippen LogP contribution is -1.96. The Balaban J connectivity index is 1.88. The molecule has 3 aromatic rings. The molecule has 0 aliphatic carbocycles. The van der Waals surface area contributed by atoms with Gasteiger partial charge in [0.15, 0.2) is 5.58 Å². The van der Waals surface area contributed by atoms with E-state index in [2.05, 4.69) is 10.3 Å². The molecule has 0 aliphatic heterocycles. The maximum Gasteiger partial charge on any atom is 0.300 e. The van der Waals surface area contributed by atoms with Gasteiger partial charge < -0.3 is 9.73 Å². The van der Waals surface area contributed by atoms with Crippen molar-refractivity contribution in [3.63, 3.8) is 0 Å². The van der Waals surface area contributed by atoms with E-state index < -0.39 is 10.8 Å². The van der Waals surface area contributed by atoms with Gasteiger partial charge >= 0.3 is 0 Å². The van der Waals surface area contributed by atoms with E-state index >= 15 is 0 Å². The fraction of sp³-hybridized carbons (Fsp3) is 0.133. The van der Waals surface area contributed by atoms with Crippen LogP contribution in [-0.4, -0.2) is 15.4 Å². The Kier molecular flexibility index (Phi) is 3.94. The summed E-state index contributed by atoms with van der Waals surface area (Å²) in [5, 5.41) is 3.70. The van der Waals surface area contributed by atoms with Crippen molar-refractivity contribution in [3.05, 3.63) is 53.1 Å². The predicted octanol–water partition coefficient (Wildman–Crippen LogP) is 4.10. The monoisotopic (exact) mass is 320 g/mol. The molecule has 0 fully saturated rings. The first-order chi connectivity index (χ1) is 10.1. The van der Waals surface area contributed by atoms with E-state index in [0.29, 0.717) is 16.8 Å². The molecule has 0 saturated heterocycles. The molecular formula is C15H13ClN2O2S. The largest absolute Gasteiger partial charge is 0.423 e. The smallest absolute Gasteiger partial charge is 0.300 e. The second-order valence-electron chi connectivity index (χ2n) is 4.64. The number of hydrogen-bond acceptors (Lipinski definition) is 4. The number of nitrogens with one attached hydrogen (secondary N) is 1. The average molecular weight is 321 g/mol. The van der Waals surface area contributed by atoms with Crippen molar-refractivity contribution >= 4 is 45.2 Å². The molecule has 1 aromatic heterocycles. The maximum atomic E-state index is 11.4. The zero-order valence-electron chi connectivity index (χ0n) is 11.3. The highest BCUT2D eigenvalue weighted by Gasteiger charge is 2.08. The lowest BCUT2D eigenvalue weighted by Gasteiger charge is -2.06. The zero-order valence-corrected chi connectivity index (χ0v) is 12.9. The predicted molar refractivity (Wildman–Crippen MR) is 86.5 cm³/mol. The summed E-state index contributed by atoms with van der Waals surface area (Å²) < 4.78 is 17.0. The Hall–Kier alpha value is -1.85. The Labute approximate surface area is 129 Å². The number of benzene rings is 2. The average Bonchev–Trinajstić information content (AvgIpc) is 2.84. The van der Waals surface area contributed by atoms with Crippen LogP contribution >= 0.6 is 11.6 Å². The van der Waals surface area contributed by atoms with Gasteiger partial charge in [0.2, 0.25) is 0 Å². The number of nitrogens with zero attached hydrogens (tertiary/aromatic N) is 1. The molecule has 0 amide bonds. The fourth-order valence-corrected chi connectivity index (χ4v) is 2.97. The van der Waals surface area contributed by atoms with Gasteiger partial charge in [-0.3, -0.25) is 4.21 Å². The second kappa shape index (κ2) is 5.87. The van der Waals surface area contributed by atoms with Crippen molar-refractivity contribution in [2.75, 3.05) is 11.6 Å². The van der Waals surface area contributed by atoms with Crippen molar-refractivity contribution < 1.29 is 8.63 Å². The highest BCUT2D eigenvalue weighted by molar-refractivity contribution is 7.83. The Morgan fingerprint density at radius 3 is 2.86 bits per heavy atom. The minimum atomic E-state index is -0.945. The van der Waals surface area contributed by atoms with Crippen molar-refractivity contribution in [2.45, 2.75) is 5.75 Å². The lowest BCUT2D eigenvalue weighted by atomic mass is 10.2. The van der Waals surface area contributed by atoms with Gasteiger partial charge in [0.1, 0.15) is 5.52 Å². The highest BCUT2D eigenvalue weighted by atomic mass is 35.5. The van der Waals surface area contributed by atoms with Crippen LogP contribution in [0.25, 0.3) is 11.1 Å². The Morgan fingerprint density at radius 1 is 1.29 bits per heavy atom. The number of halogens is 1. The molecule has 4 nitrogen and oxygen atoms in total. The quantitative estimate of drug-likeness (QED) is 0.786. The molecule has 0 spiro atoms. The van der Waals surface area contributed by atoms with Gasteiger partial charge in [-0.05, 0) is 35.9 Å². The van der Waals surface area contributed by atoms with Gasteiger partial charge in [-0.2, -0.15) is 4.98 Å². The molecule has 1 N–H and O–H groups in total. The minimum Gasteiger partial charge on any atom is -0.423 e. The summed E-state index contributed by atoms with van der Waals surface area (Å²) in [5.74, 6) is 0.419. The van der Waals surface area contributed by atoms with E-state index in [1.165, 1.54) is 0 Å². The maximum absolute atomic E-state index is 11.4. The van der Waals surface area contributed by atoms with Crippen LogP contribution in [0.5, 0.6) is 0 Å². The normalized spacial score (nSPS) is 12.5. The van der Waals surface area contributed by atoms with Crippen molar-refractivity contribution in [3.8, 4) is 0 Å². The summed E-state index contributed by atoms with van der Waals surface area (Å²) in [6.45, 7) is 0. The Bertz CT molecular complexity index is 783. The number of hydrogen-bond donors (Lipinski definition) is 1. The summed E-state index contributed by atoms with van der Waals surface area (Å²) in [4.78, 5) is 4.35. The van der Waals surface area contributed by atoms with Crippen LogP contribution in [0.2, 0.25) is 5.02 Å². The topological polar surface area (TPSA) is 55.1 Å². The third kappa shape index (κ3) is 3.25. The number of rotatable bonds is 4. The third-order valence-corrected chi connectivity index (χ3v) is 4.04. The summed E-state index contributed by atoms with van der Waals surface area (Å²) in [5.41, 5.74) is 3.15. The van der Waals surface area contributed by atoms with Crippen LogP contribution in [0.4, 0.5) is 11.7 Å². The molecule has 6 heteroatoms. The van der Waals surface area contributed by atoms with E-state index in [0.717, 1.165) is 22.4 Å². The van der Waals surface area contributed by atoms with E-state index in [1.807, 2.05) is 36.4 Å². The van der Waals surface area contributed by atoms with Crippen molar-refractivity contribution in [1.29, 1.82) is 0 Å². The summed E-state index contributed by atoms with van der Waals surface area (Å²) in [6, 6.07) is 13.4. The SMILES string of the molecule is CS(=O)Cc1cc(Nc2nc3ccccc3o2)ccc1Cl. The first-order valence-corrected chi connectivity index (χ1v) is 8.43. The molecule has 0 bridgehead atoms. The van der Waals surface area contributed by atoms with Crippen LogP contribution in [0, 0.1) is 0 Å². The standard InChI is InChI=1S/C15H13ClN2O2S/c1-21(19)9-10-8-11(6-7-12(10)16)17-15-18-13-4-2-3-5-14(13)20-15/h2-8H,9H2,1H3,(H,17,18). The zero-order chi connectivity index (χ0) is 14.8. The second-order valence-corrected chi connectivity index (χ2v) is 6.48. The molecule has 108 valence electrons. The van der Waals surface area contributed by atoms with Gasteiger partial charge in [-0.1, -0.05) is 23.7 Å². The van der Waals surface area contributed by atoms with Gasteiger partial charge in [0.05, 0.1) is 0 Å². The van der Waals surface area contributed by atoms with Crippen LogP contribution in [0.1, 0.15) is 5.56 Å². The van der Waals surface area contributed by atoms with E-state index in [-0.39, 0.29) is 0 Å². The van der Waals surface area contributed by atoms with Crippen LogP contribution in [-0.2, 0) is 16.6 Å². The molecule has 1 unspecified atom stereocenters. The van der Waals surface area contributed by atoms with Gasteiger partial charge in [0.25, 0.3) is 6.01 Å². The van der Waals surface area contributed by atoms with E-state index in [1.54, 1.807) is 12.3 Å². The van der Waals surface area contributed by atoms with Crippen molar-refractivity contribution in [1.82, 2.24) is 4.98 Å². The third-order valence-electron chi connectivity index (χ3n) is 2.95. The summed E-state index contributed by atoms with van der Waals surface area (Å²) in [6.07, 6.45) is 1.65. The van der Waals surface area contributed by atoms with Gasteiger partial charge in [-0.25, -0.2) is 0 Å². The highest BCUT2D eigenvalue weighted by Crippen LogP contribution is 2.26. The lowest BCUT2D eigenvalue weighted by molar-refractivity contribution is 0.623. The summed E-state index contributed by atoms with van der Waals surface area (Å²) in [7, 11) is -0.945. The van der Waals surface area contributed by atoms with Gasteiger partial charge in [-0.15, -0.1) is 0 Å². The molecular weight excluding hydrogens is 308 g/mol. The molecule has 3 rings (SSSR count). The first kappa shape index (κ1) is 14.1. The number of fused-ring (bicyclic) bond motifs is 1. The van der Waals surface area contributed by atoms with E-state index in [9.17, 15) is 4.21 Å².